The van der Waals surface area contributed by atoms with Gasteiger partial charge in [0.2, 0.25) is 11.8 Å². The van der Waals surface area contributed by atoms with Crippen molar-refractivity contribution in [2.45, 2.75) is 38.8 Å². The van der Waals surface area contributed by atoms with Crippen molar-refractivity contribution in [1.82, 2.24) is 10.2 Å². The molecule has 0 bridgehead atoms. The molecule has 0 aromatic heterocycles. The number of hydrogen-bond donors (Lipinski definition) is 2. The van der Waals surface area contributed by atoms with Crippen molar-refractivity contribution in [3.8, 4) is 0 Å². The third-order valence-electron chi connectivity index (χ3n) is 2.83. The Kier molecular flexibility index (Phi) is 6.14. The Balaban J connectivity index is 2.32. The van der Waals surface area contributed by atoms with E-state index in [0.29, 0.717) is 12.6 Å². The third kappa shape index (κ3) is 5.50. The van der Waals surface area contributed by atoms with Gasteiger partial charge in [0.1, 0.15) is 6.04 Å². The van der Waals surface area contributed by atoms with Crippen LogP contribution in [0.1, 0.15) is 26.7 Å². The smallest absolute Gasteiger partial charge is 0.327 e. The van der Waals surface area contributed by atoms with Crippen LogP contribution in [0.3, 0.4) is 0 Å². The molecule has 0 aromatic rings. The second kappa shape index (κ2) is 7.37. The number of amides is 2. The monoisotopic (exact) mass is 288 g/mol. The summed E-state index contributed by atoms with van der Waals surface area (Å²) in [5.74, 6) is -0.963. The molecule has 0 saturated heterocycles. The van der Waals surface area contributed by atoms with Crippen LogP contribution in [0.5, 0.6) is 0 Å². The molecular formula is C12H20N2O4S. The fourth-order valence-electron chi connectivity index (χ4n) is 1.79. The van der Waals surface area contributed by atoms with Crippen LogP contribution in [0.4, 0.5) is 0 Å². The van der Waals surface area contributed by atoms with E-state index in [1.165, 1.54) is 18.7 Å². The Labute approximate surface area is 116 Å². The lowest BCUT2D eigenvalue weighted by Crippen LogP contribution is -2.42. The molecule has 7 heteroatoms. The van der Waals surface area contributed by atoms with Crippen LogP contribution in [0.2, 0.25) is 0 Å². The van der Waals surface area contributed by atoms with Gasteiger partial charge in [-0.05, 0) is 19.8 Å². The molecule has 2 amide bonds. The number of nitrogens with one attached hydrogen (secondary N) is 1. The van der Waals surface area contributed by atoms with Gasteiger partial charge >= 0.3 is 5.97 Å². The summed E-state index contributed by atoms with van der Waals surface area (Å²) in [5.41, 5.74) is 0. The van der Waals surface area contributed by atoms with Crippen molar-refractivity contribution in [2.24, 2.45) is 0 Å². The molecule has 108 valence electrons. The van der Waals surface area contributed by atoms with Gasteiger partial charge in [-0.1, -0.05) is 0 Å². The zero-order valence-electron chi connectivity index (χ0n) is 11.2. The van der Waals surface area contributed by atoms with E-state index in [1.807, 2.05) is 11.8 Å². The molecular weight excluding hydrogens is 268 g/mol. The zero-order chi connectivity index (χ0) is 14.4. The van der Waals surface area contributed by atoms with Gasteiger partial charge in [-0.3, -0.25) is 9.59 Å². The average molecular weight is 288 g/mol. The van der Waals surface area contributed by atoms with Crippen molar-refractivity contribution < 1.29 is 19.5 Å². The molecule has 1 aliphatic carbocycles. The summed E-state index contributed by atoms with van der Waals surface area (Å²) in [5, 5.41) is 11.3. The van der Waals surface area contributed by atoms with Crippen molar-refractivity contribution in [1.29, 1.82) is 0 Å². The van der Waals surface area contributed by atoms with Gasteiger partial charge in [-0.25, -0.2) is 4.79 Å². The first kappa shape index (κ1) is 15.8. The number of aliphatic carboxylic acids is 1. The molecule has 1 atom stereocenters. The molecule has 0 aliphatic heterocycles. The van der Waals surface area contributed by atoms with Gasteiger partial charge < -0.3 is 15.3 Å². The van der Waals surface area contributed by atoms with E-state index < -0.39 is 12.0 Å². The number of thioether (sulfide) groups is 1. The zero-order valence-corrected chi connectivity index (χ0v) is 12.0. The van der Waals surface area contributed by atoms with E-state index >= 15 is 0 Å². The summed E-state index contributed by atoms with van der Waals surface area (Å²) in [6.45, 7) is 3.91. The van der Waals surface area contributed by atoms with Crippen LogP contribution in [0.15, 0.2) is 0 Å². The first-order chi connectivity index (χ1) is 8.95. The Bertz CT molecular complexity index is 358. The molecule has 6 nitrogen and oxygen atoms in total. The molecule has 1 fully saturated rings. The van der Waals surface area contributed by atoms with Gasteiger partial charge in [-0.2, -0.15) is 0 Å². The summed E-state index contributed by atoms with van der Waals surface area (Å²) < 4.78 is 0. The topological polar surface area (TPSA) is 86.7 Å². The number of rotatable bonds is 8. The fourth-order valence-corrected chi connectivity index (χ4v) is 2.71. The normalized spacial score (nSPS) is 15.7. The largest absolute Gasteiger partial charge is 0.480 e. The number of carbonyl (C=O) groups excluding carboxylic acids is 2. The molecule has 19 heavy (non-hydrogen) atoms. The second-order valence-corrected chi connectivity index (χ2v) is 5.55. The minimum atomic E-state index is -1.08. The quantitative estimate of drug-likeness (QED) is 0.672. The van der Waals surface area contributed by atoms with Crippen molar-refractivity contribution in [3.63, 3.8) is 0 Å². The van der Waals surface area contributed by atoms with E-state index in [9.17, 15) is 14.4 Å². The maximum absolute atomic E-state index is 11.9. The highest BCUT2D eigenvalue weighted by atomic mass is 32.2. The van der Waals surface area contributed by atoms with E-state index in [2.05, 4.69) is 5.32 Å². The van der Waals surface area contributed by atoms with Gasteiger partial charge in [0.15, 0.2) is 0 Å². The second-order valence-electron chi connectivity index (χ2n) is 4.52. The minimum absolute atomic E-state index is 0.0435. The van der Waals surface area contributed by atoms with E-state index in [-0.39, 0.29) is 23.3 Å². The maximum atomic E-state index is 11.9. The molecule has 0 radical (unpaired) electrons. The van der Waals surface area contributed by atoms with Gasteiger partial charge in [-0.15, -0.1) is 11.8 Å². The van der Waals surface area contributed by atoms with E-state index in [0.717, 1.165) is 12.8 Å². The maximum Gasteiger partial charge on any atom is 0.327 e. The Hall–Kier alpha value is -1.24. The lowest BCUT2D eigenvalue weighted by atomic mass is 10.3. The van der Waals surface area contributed by atoms with Crippen LogP contribution in [-0.2, 0) is 14.4 Å². The fraction of sp³-hybridized carbons (Fsp3) is 0.750. The van der Waals surface area contributed by atoms with Crippen LogP contribution in [0, 0.1) is 0 Å². The number of carboxylic acid groups (broad SMARTS) is 1. The molecule has 1 rings (SSSR count). The number of hydrogen-bond acceptors (Lipinski definition) is 4. The summed E-state index contributed by atoms with van der Waals surface area (Å²) in [6.07, 6.45) is 2.13. The number of nitrogens with zero attached hydrogens (tertiary/aromatic N) is 1. The Morgan fingerprint density at radius 2 is 2.05 bits per heavy atom. The van der Waals surface area contributed by atoms with E-state index in [4.69, 9.17) is 5.11 Å². The SMILES string of the molecule is CCN(C(=O)CSCC(NC(C)=O)C(=O)O)C1CC1. The highest BCUT2D eigenvalue weighted by Crippen LogP contribution is 2.27. The van der Waals surface area contributed by atoms with Crippen LogP contribution >= 0.6 is 11.8 Å². The molecule has 1 aliphatic rings. The van der Waals surface area contributed by atoms with Gasteiger partial charge in [0.05, 0.1) is 5.75 Å². The molecule has 1 saturated carbocycles. The lowest BCUT2D eigenvalue weighted by Gasteiger charge is -2.20. The highest BCUT2D eigenvalue weighted by molar-refractivity contribution is 8.00. The molecule has 0 heterocycles. The van der Waals surface area contributed by atoms with Crippen molar-refractivity contribution in [2.75, 3.05) is 18.1 Å². The predicted molar refractivity (Wildman–Crippen MR) is 73.0 cm³/mol. The molecule has 1 unspecified atom stereocenters. The first-order valence-electron chi connectivity index (χ1n) is 6.32. The summed E-state index contributed by atoms with van der Waals surface area (Å²) >= 11 is 1.24. The number of carbonyl (C=O) groups is 3. The van der Waals surface area contributed by atoms with Crippen molar-refractivity contribution in [3.05, 3.63) is 0 Å². The standard InChI is InChI=1S/C12H20N2O4S/c1-3-14(9-4-5-9)11(16)7-19-6-10(12(17)18)13-8(2)15/h9-10H,3-7H2,1-2H3,(H,13,15)(H,17,18). The van der Waals surface area contributed by atoms with Crippen molar-refractivity contribution >= 4 is 29.5 Å². The minimum Gasteiger partial charge on any atom is -0.480 e. The van der Waals surface area contributed by atoms with E-state index in [1.54, 1.807) is 0 Å². The average Bonchev–Trinajstić information content (AvgIpc) is 3.12. The van der Waals surface area contributed by atoms with Crippen LogP contribution in [-0.4, -0.2) is 57.9 Å². The van der Waals surface area contributed by atoms with Crippen LogP contribution in [0.25, 0.3) is 0 Å². The summed E-state index contributed by atoms with van der Waals surface area (Å²) in [6, 6.07) is -0.560. The molecule has 0 aromatic carbocycles. The molecule has 0 spiro atoms. The summed E-state index contributed by atoms with van der Waals surface area (Å²) in [7, 11) is 0. The predicted octanol–water partition coefficient (Wildman–Crippen LogP) is 0.320. The Morgan fingerprint density at radius 1 is 1.42 bits per heavy atom. The van der Waals surface area contributed by atoms with Crippen LogP contribution < -0.4 is 5.32 Å². The third-order valence-corrected chi connectivity index (χ3v) is 3.85. The summed E-state index contributed by atoms with van der Waals surface area (Å²) in [4.78, 5) is 35.5. The Morgan fingerprint density at radius 3 is 2.47 bits per heavy atom. The van der Waals surface area contributed by atoms with Gasteiger partial charge in [0.25, 0.3) is 0 Å². The number of carboxylic acids is 1. The highest BCUT2D eigenvalue weighted by Gasteiger charge is 2.31. The lowest BCUT2D eigenvalue weighted by molar-refractivity contribution is -0.140. The van der Waals surface area contributed by atoms with Gasteiger partial charge in [0, 0.05) is 25.3 Å². The molecule has 2 N–H and O–H groups in total. The first-order valence-corrected chi connectivity index (χ1v) is 7.48.